The summed E-state index contributed by atoms with van der Waals surface area (Å²) >= 11 is 5.00. The summed E-state index contributed by atoms with van der Waals surface area (Å²) in [6.45, 7) is 1.86. The van der Waals surface area contributed by atoms with Gasteiger partial charge in [-0.25, -0.2) is 4.98 Å². The average molecular weight is 234 g/mol. The summed E-state index contributed by atoms with van der Waals surface area (Å²) in [5.41, 5.74) is 1.31. The number of aromatic nitrogens is 3. The van der Waals surface area contributed by atoms with Gasteiger partial charge in [-0.3, -0.25) is 10.1 Å². The first kappa shape index (κ1) is 10.6. The predicted octanol–water partition coefficient (Wildman–Crippen LogP) is 2.03. The number of anilines is 1. The smallest absolute Gasteiger partial charge is 0.260 e. The van der Waals surface area contributed by atoms with Crippen LogP contribution in [0.3, 0.4) is 0 Å². The molecule has 0 aliphatic carbocycles. The molecule has 82 valence electrons. The standard InChI is InChI=1S/C10H10N4OS/c1-6-5-12-10(13-6)14-8(15)7-3-2-4-11-9(7)16/h2-5H,1H3,(H,11,16)(H2,12,13,14,15). The number of rotatable bonds is 2. The van der Waals surface area contributed by atoms with Crippen molar-refractivity contribution >= 4 is 24.1 Å². The number of imidazole rings is 1. The molecule has 0 spiro atoms. The number of pyridine rings is 1. The van der Waals surface area contributed by atoms with E-state index in [0.717, 1.165) is 5.69 Å². The minimum absolute atomic E-state index is 0.281. The van der Waals surface area contributed by atoms with E-state index < -0.39 is 0 Å². The summed E-state index contributed by atoms with van der Waals surface area (Å²) in [4.78, 5) is 21.5. The Kier molecular flexibility index (Phi) is 2.82. The van der Waals surface area contributed by atoms with Gasteiger partial charge >= 0.3 is 0 Å². The minimum atomic E-state index is -0.281. The van der Waals surface area contributed by atoms with Gasteiger partial charge in [0.15, 0.2) is 0 Å². The number of amides is 1. The molecule has 3 N–H and O–H groups in total. The van der Waals surface area contributed by atoms with Crippen LogP contribution in [0.1, 0.15) is 16.1 Å². The van der Waals surface area contributed by atoms with Crippen LogP contribution < -0.4 is 5.32 Å². The van der Waals surface area contributed by atoms with Gasteiger partial charge in [0.2, 0.25) is 5.95 Å². The molecule has 2 aromatic rings. The SMILES string of the molecule is Cc1cnc(NC(=O)c2ccc[nH]c2=S)[nH]1. The number of carbonyl (C=O) groups excluding carboxylic acids is 1. The van der Waals surface area contributed by atoms with Gasteiger partial charge in [-0.2, -0.15) is 0 Å². The highest BCUT2D eigenvalue weighted by atomic mass is 32.1. The Balaban J connectivity index is 2.21. The highest BCUT2D eigenvalue weighted by Crippen LogP contribution is 2.05. The monoisotopic (exact) mass is 234 g/mol. The van der Waals surface area contributed by atoms with E-state index in [-0.39, 0.29) is 5.91 Å². The van der Waals surface area contributed by atoms with Crippen LogP contribution in [0.25, 0.3) is 0 Å². The second-order valence-electron chi connectivity index (χ2n) is 3.28. The topological polar surface area (TPSA) is 73.6 Å². The van der Waals surface area contributed by atoms with Crippen LogP contribution in [-0.4, -0.2) is 20.9 Å². The van der Waals surface area contributed by atoms with Crippen molar-refractivity contribution in [1.82, 2.24) is 15.0 Å². The lowest BCUT2D eigenvalue weighted by Crippen LogP contribution is -2.13. The van der Waals surface area contributed by atoms with Gasteiger partial charge < -0.3 is 9.97 Å². The van der Waals surface area contributed by atoms with Crippen molar-refractivity contribution in [3.05, 3.63) is 40.4 Å². The molecule has 1 amide bonds. The van der Waals surface area contributed by atoms with Crippen molar-refractivity contribution < 1.29 is 4.79 Å². The van der Waals surface area contributed by atoms with Crippen LogP contribution in [0.2, 0.25) is 0 Å². The molecule has 0 radical (unpaired) electrons. The third-order valence-electron chi connectivity index (χ3n) is 2.00. The highest BCUT2D eigenvalue weighted by molar-refractivity contribution is 7.71. The molecule has 0 saturated carbocycles. The molecule has 0 aliphatic heterocycles. The molecule has 5 nitrogen and oxygen atoms in total. The maximum atomic E-state index is 11.8. The third-order valence-corrected chi connectivity index (χ3v) is 2.34. The van der Waals surface area contributed by atoms with E-state index in [1.54, 1.807) is 24.5 Å². The van der Waals surface area contributed by atoms with E-state index in [9.17, 15) is 4.79 Å². The number of H-pyrrole nitrogens is 2. The van der Waals surface area contributed by atoms with Crippen molar-refractivity contribution in [2.45, 2.75) is 6.92 Å². The Hall–Kier alpha value is -1.95. The summed E-state index contributed by atoms with van der Waals surface area (Å²) in [5, 5.41) is 2.63. The number of aryl methyl sites for hydroxylation is 1. The number of nitrogens with zero attached hydrogens (tertiary/aromatic N) is 1. The molecule has 16 heavy (non-hydrogen) atoms. The van der Waals surface area contributed by atoms with Crippen molar-refractivity contribution in [2.24, 2.45) is 0 Å². The Morgan fingerprint density at radius 2 is 2.38 bits per heavy atom. The van der Waals surface area contributed by atoms with Crippen LogP contribution in [0.5, 0.6) is 0 Å². The van der Waals surface area contributed by atoms with Crippen molar-refractivity contribution in [2.75, 3.05) is 5.32 Å². The first-order valence-electron chi connectivity index (χ1n) is 4.67. The van der Waals surface area contributed by atoms with Crippen molar-refractivity contribution in [3.63, 3.8) is 0 Å². The normalized spacial score (nSPS) is 10.1. The maximum Gasteiger partial charge on any atom is 0.260 e. The number of hydrogen-bond acceptors (Lipinski definition) is 3. The van der Waals surface area contributed by atoms with Gasteiger partial charge in [-0.05, 0) is 19.1 Å². The molecule has 0 aliphatic rings. The fourth-order valence-electron chi connectivity index (χ4n) is 1.25. The molecule has 0 saturated heterocycles. The molecule has 0 aromatic carbocycles. The fourth-order valence-corrected chi connectivity index (χ4v) is 1.48. The van der Waals surface area contributed by atoms with Crippen LogP contribution in [0.15, 0.2) is 24.5 Å². The Morgan fingerprint density at radius 1 is 1.56 bits per heavy atom. The first-order chi connectivity index (χ1) is 7.66. The van der Waals surface area contributed by atoms with E-state index in [2.05, 4.69) is 20.3 Å². The number of hydrogen-bond donors (Lipinski definition) is 3. The van der Waals surface area contributed by atoms with Gasteiger partial charge in [0, 0.05) is 18.1 Å². The zero-order valence-electron chi connectivity index (χ0n) is 8.57. The molecule has 6 heteroatoms. The molecule has 0 atom stereocenters. The zero-order chi connectivity index (χ0) is 11.5. The van der Waals surface area contributed by atoms with Crippen molar-refractivity contribution in [1.29, 1.82) is 0 Å². The van der Waals surface area contributed by atoms with Crippen LogP contribution >= 0.6 is 12.2 Å². The average Bonchev–Trinajstić information content (AvgIpc) is 2.64. The largest absolute Gasteiger partial charge is 0.352 e. The third kappa shape index (κ3) is 2.17. The lowest BCUT2D eigenvalue weighted by atomic mass is 10.3. The molecule has 2 rings (SSSR count). The maximum absolute atomic E-state index is 11.8. The summed E-state index contributed by atoms with van der Waals surface area (Å²) in [5.74, 6) is 0.136. The highest BCUT2D eigenvalue weighted by Gasteiger charge is 2.08. The van der Waals surface area contributed by atoms with Gasteiger partial charge in [0.25, 0.3) is 5.91 Å². The molecular formula is C10H10N4OS. The number of carbonyl (C=O) groups is 1. The Bertz CT molecular complexity index is 572. The lowest BCUT2D eigenvalue weighted by Gasteiger charge is -2.01. The lowest BCUT2D eigenvalue weighted by molar-refractivity contribution is 0.102. The van der Waals surface area contributed by atoms with Gasteiger partial charge in [-0.15, -0.1) is 0 Å². The van der Waals surface area contributed by atoms with Crippen LogP contribution in [0.4, 0.5) is 5.95 Å². The molecule has 0 bridgehead atoms. The van der Waals surface area contributed by atoms with Crippen molar-refractivity contribution in [3.8, 4) is 0 Å². The molecule has 0 fully saturated rings. The number of nitrogens with one attached hydrogen (secondary N) is 3. The second-order valence-corrected chi connectivity index (χ2v) is 3.69. The molecular weight excluding hydrogens is 224 g/mol. The first-order valence-corrected chi connectivity index (χ1v) is 5.08. The van der Waals surface area contributed by atoms with Crippen LogP contribution in [-0.2, 0) is 0 Å². The van der Waals surface area contributed by atoms with Gasteiger partial charge in [-0.1, -0.05) is 12.2 Å². The second kappa shape index (κ2) is 4.28. The Morgan fingerprint density at radius 3 is 3.00 bits per heavy atom. The summed E-state index contributed by atoms with van der Waals surface area (Å²) in [6.07, 6.45) is 3.32. The molecule has 2 aromatic heterocycles. The van der Waals surface area contributed by atoms with E-state index >= 15 is 0 Å². The van der Waals surface area contributed by atoms with E-state index in [4.69, 9.17) is 12.2 Å². The van der Waals surface area contributed by atoms with E-state index in [0.29, 0.717) is 16.2 Å². The minimum Gasteiger partial charge on any atom is -0.352 e. The zero-order valence-corrected chi connectivity index (χ0v) is 9.39. The van der Waals surface area contributed by atoms with E-state index in [1.807, 2.05) is 6.92 Å². The predicted molar refractivity (Wildman–Crippen MR) is 62.9 cm³/mol. The fraction of sp³-hybridized carbons (Fsp3) is 0.100. The quantitative estimate of drug-likeness (QED) is 0.696. The molecule has 0 unspecified atom stereocenters. The summed E-state index contributed by atoms with van der Waals surface area (Å²) in [6, 6.07) is 3.38. The summed E-state index contributed by atoms with van der Waals surface area (Å²) in [7, 11) is 0. The molecule has 2 heterocycles. The summed E-state index contributed by atoms with van der Waals surface area (Å²) < 4.78 is 0.406. The number of aromatic amines is 2. The van der Waals surface area contributed by atoms with Gasteiger partial charge in [0.1, 0.15) is 4.64 Å². The van der Waals surface area contributed by atoms with Gasteiger partial charge in [0.05, 0.1) is 5.56 Å². The Labute approximate surface area is 96.9 Å². The van der Waals surface area contributed by atoms with Crippen LogP contribution in [0, 0.1) is 11.6 Å². The van der Waals surface area contributed by atoms with E-state index in [1.165, 1.54) is 0 Å².